The average Bonchev–Trinajstić information content (AvgIpc) is 3.26. The van der Waals surface area contributed by atoms with Crippen molar-refractivity contribution in [3.63, 3.8) is 0 Å². The van der Waals surface area contributed by atoms with Crippen molar-refractivity contribution in [3.05, 3.63) is 16.3 Å². The molecule has 0 unspecified atom stereocenters. The Morgan fingerprint density at radius 3 is 2.73 bits per heavy atom. The maximum absolute atomic E-state index is 12.4. The SMILES string of the molecule is CC(C)c1nc(SCC(=O)NC2CCCC2)c2c3c(sc2n1)CCCC3. The first-order valence-electron chi connectivity index (χ1n) is 9.86. The molecule has 4 rings (SSSR count). The molecule has 2 aliphatic rings. The summed E-state index contributed by atoms with van der Waals surface area (Å²) in [5.74, 6) is 1.79. The van der Waals surface area contributed by atoms with Crippen LogP contribution in [0.25, 0.3) is 10.2 Å². The summed E-state index contributed by atoms with van der Waals surface area (Å²) in [6.45, 7) is 4.27. The standard InChI is InChI=1S/C20H27N3OS2/c1-12(2)18-22-19(25-11-16(24)21-13-7-3-4-8-13)17-14-9-5-6-10-15(14)26-20(17)23-18/h12-13H,3-11H2,1-2H3,(H,21,24). The second-order valence-corrected chi connectivity index (χ2v) is 9.82. The Kier molecular flexibility index (Phi) is 5.50. The minimum atomic E-state index is 0.142. The van der Waals surface area contributed by atoms with Crippen LogP contribution >= 0.6 is 23.1 Å². The zero-order valence-corrected chi connectivity index (χ0v) is 17.3. The van der Waals surface area contributed by atoms with E-state index in [9.17, 15) is 4.79 Å². The summed E-state index contributed by atoms with van der Waals surface area (Å²) in [6, 6.07) is 0.383. The highest BCUT2D eigenvalue weighted by Gasteiger charge is 2.23. The summed E-state index contributed by atoms with van der Waals surface area (Å²) in [5, 5.41) is 5.43. The highest BCUT2D eigenvalue weighted by Crippen LogP contribution is 2.40. The lowest BCUT2D eigenvalue weighted by atomic mass is 9.97. The van der Waals surface area contributed by atoms with Crippen LogP contribution in [0.1, 0.15) is 74.6 Å². The lowest BCUT2D eigenvalue weighted by Gasteiger charge is -2.14. The van der Waals surface area contributed by atoms with Gasteiger partial charge in [0.25, 0.3) is 0 Å². The summed E-state index contributed by atoms with van der Waals surface area (Å²) in [5.41, 5.74) is 1.45. The van der Waals surface area contributed by atoms with Crippen LogP contribution < -0.4 is 5.32 Å². The molecule has 1 amide bonds. The first-order chi connectivity index (χ1) is 12.6. The topological polar surface area (TPSA) is 54.9 Å². The molecule has 2 heterocycles. The molecule has 1 saturated carbocycles. The van der Waals surface area contributed by atoms with Crippen LogP contribution in [-0.4, -0.2) is 27.7 Å². The molecule has 26 heavy (non-hydrogen) atoms. The molecule has 0 bridgehead atoms. The van der Waals surface area contributed by atoms with Crippen molar-refractivity contribution in [2.75, 3.05) is 5.75 Å². The van der Waals surface area contributed by atoms with Gasteiger partial charge in [0.15, 0.2) is 0 Å². The number of hydrogen-bond acceptors (Lipinski definition) is 5. The third-order valence-electron chi connectivity index (χ3n) is 5.38. The lowest BCUT2D eigenvalue weighted by Crippen LogP contribution is -2.33. The largest absolute Gasteiger partial charge is 0.353 e. The summed E-state index contributed by atoms with van der Waals surface area (Å²) in [6.07, 6.45) is 9.55. The van der Waals surface area contributed by atoms with Gasteiger partial charge in [-0.25, -0.2) is 9.97 Å². The second kappa shape index (κ2) is 7.85. The van der Waals surface area contributed by atoms with Crippen molar-refractivity contribution in [2.24, 2.45) is 0 Å². The van der Waals surface area contributed by atoms with E-state index in [4.69, 9.17) is 9.97 Å². The van der Waals surface area contributed by atoms with Crippen molar-refractivity contribution in [2.45, 2.75) is 82.2 Å². The molecule has 2 aliphatic carbocycles. The maximum Gasteiger partial charge on any atom is 0.230 e. The van der Waals surface area contributed by atoms with Crippen molar-refractivity contribution in [1.82, 2.24) is 15.3 Å². The van der Waals surface area contributed by atoms with Gasteiger partial charge in [-0.3, -0.25) is 4.79 Å². The monoisotopic (exact) mass is 389 g/mol. The molecule has 0 aromatic carbocycles. The molecule has 0 spiro atoms. The molecule has 0 aliphatic heterocycles. The van der Waals surface area contributed by atoms with Crippen LogP contribution in [0.15, 0.2) is 5.03 Å². The number of aromatic nitrogens is 2. The molecular formula is C20H27N3OS2. The number of thiophene rings is 1. The van der Waals surface area contributed by atoms with Crippen molar-refractivity contribution in [3.8, 4) is 0 Å². The maximum atomic E-state index is 12.4. The van der Waals surface area contributed by atoms with Crippen LogP contribution in [0.3, 0.4) is 0 Å². The number of thioether (sulfide) groups is 1. The summed E-state index contributed by atoms with van der Waals surface area (Å²) in [4.78, 5) is 24.7. The fourth-order valence-electron chi connectivity index (χ4n) is 3.98. The van der Waals surface area contributed by atoms with Gasteiger partial charge in [-0.2, -0.15) is 0 Å². The molecule has 0 radical (unpaired) electrons. The highest BCUT2D eigenvalue weighted by molar-refractivity contribution is 8.00. The van der Waals surface area contributed by atoms with Gasteiger partial charge < -0.3 is 5.32 Å². The number of rotatable bonds is 5. The number of nitrogens with zero attached hydrogens (tertiary/aromatic N) is 2. The van der Waals surface area contributed by atoms with E-state index in [2.05, 4.69) is 19.2 Å². The quantitative estimate of drug-likeness (QED) is 0.587. The van der Waals surface area contributed by atoms with Gasteiger partial charge >= 0.3 is 0 Å². The van der Waals surface area contributed by atoms with Crippen molar-refractivity contribution >= 4 is 39.2 Å². The molecule has 4 nitrogen and oxygen atoms in total. The number of carbonyl (C=O) groups is 1. The summed E-state index contributed by atoms with van der Waals surface area (Å²) < 4.78 is 0. The average molecular weight is 390 g/mol. The minimum absolute atomic E-state index is 0.142. The number of aryl methyl sites for hydroxylation is 2. The molecule has 2 aromatic rings. The fraction of sp³-hybridized carbons (Fsp3) is 0.650. The molecule has 1 fully saturated rings. The van der Waals surface area contributed by atoms with Crippen LogP contribution in [0.5, 0.6) is 0 Å². The Labute approximate surface area is 163 Å². The lowest BCUT2D eigenvalue weighted by molar-refractivity contribution is -0.119. The van der Waals surface area contributed by atoms with Crippen LogP contribution in [0.2, 0.25) is 0 Å². The van der Waals surface area contributed by atoms with Gasteiger partial charge in [-0.1, -0.05) is 38.5 Å². The zero-order valence-electron chi connectivity index (χ0n) is 15.6. The smallest absolute Gasteiger partial charge is 0.230 e. The van der Waals surface area contributed by atoms with Gasteiger partial charge in [0, 0.05) is 22.2 Å². The van der Waals surface area contributed by atoms with Gasteiger partial charge in [-0.05, 0) is 44.1 Å². The van der Waals surface area contributed by atoms with E-state index in [0.717, 1.165) is 34.9 Å². The first kappa shape index (κ1) is 18.2. The fourth-order valence-corrected chi connectivity index (χ4v) is 6.18. The Morgan fingerprint density at radius 1 is 1.19 bits per heavy atom. The molecule has 1 N–H and O–H groups in total. The molecule has 2 aromatic heterocycles. The van der Waals surface area contributed by atoms with Gasteiger partial charge in [0.2, 0.25) is 5.91 Å². The molecular weight excluding hydrogens is 362 g/mol. The molecule has 0 atom stereocenters. The number of carbonyl (C=O) groups excluding carboxylic acids is 1. The van der Waals surface area contributed by atoms with E-state index in [1.54, 1.807) is 11.8 Å². The van der Waals surface area contributed by atoms with Gasteiger partial charge in [0.1, 0.15) is 15.7 Å². The Hall–Kier alpha value is -1.14. The molecule has 0 saturated heterocycles. The van der Waals surface area contributed by atoms with E-state index in [-0.39, 0.29) is 5.91 Å². The van der Waals surface area contributed by atoms with Crippen LogP contribution in [0.4, 0.5) is 0 Å². The predicted octanol–water partition coefficient (Wildman–Crippen LogP) is 4.84. The number of fused-ring (bicyclic) bond motifs is 3. The first-order valence-corrected chi connectivity index (χ1v) is 11.7. The van der Waals surface area contributed by atoms with E-state index >= 15 is 0 Å². The predicted molar refractivity (Wildman–Crippen MR) is 109 cm³/mol. The Bertz CT molecular complexity index is 809. The van der Waals surface area contributed by atoms with Gasteiger partial charge in [-0.15, -0.1) is 11.3 Å². The second-order valence-electron chi connectivity index (χ2n) is 7.77. The highest BCUT2D eigenvalue weighted by atomic mass is 32.2. The Balaban J connectivity index is 1.59. The number of amides is 1. The zero-order chi connectivity index (χ0) is 18.1. The number of hydrogen-bond donors (Lipinski definition) is 1. The van der Waals surface area contributed by atoms with Crippen molar-refractivity contribution in [1.29, 1.82) is 0 Å². The van der Waals surface area contributed by atoms with E-state index in [1.165, 1.54) is 47.9 Å². The summed E-state index contributed by atoms with van der Waals surface area (Å²) in [7, 11) is 0. The molecule has 140 valence electrons. The summed E-state index contributed by atoms with van der Waals surface area (Å²) >= 11 is 3.43. The third kappa shape index (κ3) is 3.77. The number of nitrogens with one attached hydrogen (secondary N) is 1. The van der Waals surface area contributed by atoms with E-state index in [0.29, 0.717) is 17.7 Å². The van der Waals surface area contributed by atoms with Crippen molar-refractivity contribution < 1.29 is 4.79 Å². The van der Waals surface area contributed by atoms with Crippen LogP contribution in [-0.2, 0) is 17.6 Å². The van der Waals surface area contributed by atoms with E-state index in [1.807, 2.05) is 11.3 Å². The normalized spacial score (nSPS) is 17.8. The molecule has 6 heteroatoms. The minimum Gasteiger partial charge on any atom is -0.353 e. The van der Waals surface area contributed by atoms with E-state index < -0.39 is 0 Å². The third-order valence-corrected chi connectivity index (χ3v) is 7.54. The Morgan fingerprint density at radius 2 is 1.96 bits per heavy atom. The van der Waals surface area contributed by atoms with Gasteiger partial charge in [0.05, 0.1) is 5.75 Å². The van der Waals surface area contributed by atoms with Crippen LogP contribution in [0, 0.1) is 0 Å².